The predicted molar refractivity (Wildman–Crippen MR) is 122 cm³/mol. The monoisotopic (exact) mass is 455 g/mol. The van der Waals surface area contributed by atoms with Gasteiger partial charge in [0.1, 0.15) is 16.5 Å². The SMILES string of the molecule is COCCCOc1cc(OC)ccc1CS(=O)c1ncccc1C(=O)Nc1ccncc1. The number of carbonyl (C=O) groups excluding carboxylic acids is 1. The van der Waals surface area contributed by atoms with Crippen molar-refractivity contribution < 1.29 is 23.2 Å². The maximum atomic E-state index is 13.2. The Labute approximate surface area is 189 Å². The molecule has 3 aromatic rings. The molecule has 0 aliphatic carbocycles. The van der Waals surface area contributed by atoms with E-state index in [2.05, 4.69) is 15.3 Å². The summed E-state index contributed by atoms with van der Waals surface area (Å²) >= 11 is 0. The Bertz CT molecular complexity index is 1060. The van der Waals surface area contributed by atoms with E-state index in [4.69, 9.17) is 14.2 Å². The van der Waals surface area contributed by atoms with Crippen molar-refractivity contribution in [3.05, 3.63) is 72.2 Å². The summed E-state index contributed by atoms with van der Waals surface area (Å²) in [6, 6.07) is 11.9. The van der Waals surface area contributed by atoms with Gasteiger partial charge in [-0.1, -0.05) is 6.07 Å². The van der Waals surface area contributed by atoms with Crippen molar-refractivity contribution in [3.8, 4) is 11.5 Å². The zero-order valence-corrected chi connectivity index (χ0v) is 18.8. The summed E-state index contributed by atoms with van der Waals surface area (Å²) in [6.07, 6.45) is 5.40. The van der Waals surface area contributed by atoms with Crippen molar-refractivity contribution in [2.75, 3.05) is 32.8 Å². The van der Waals surface area contributed by atoms with Gasteiger partial charge in [0.25, 0.3) is 5.91 Å². The van der Waals surface area contributed by atoms with Gasteiger partial charge in [-0.3, -0.25) is 14.0 Å². The Morgan fingerprint density at radius 2 is 1.88 bits per heavy atom. The van der Waals surface area contributed by atoms with Crippen LogP contribution < -0.4 is 14.8 Å². The van der Waals surface area contributed by atoms with Crippen LogP contribution in [0.5, 0.6) is 11.5 Å². The predicted octanol–water partition coefficient (Wildman–Crippen LogP) is 3.46. The molecule has 0 bridgehead atoms. The molecule has 8 nitrogen and oxygen atoms in total. The Morgan fingerprint density at radius 1 is 1.06 bits per heavy atom. The molecule has 0 aliphatic heterocycles. The largest absolute Gasteiger partial charge is 0.497 e. The molecule has 0 saturated carbocycles. The lowest BCUT2D eigenvalue weighted by atomic mass is 10.2. The molecular weight excluding hydrogens is 430 g/mol. The van der Waals surface area contributed by atoms with Crippen LogP contribution in [0.25, 0.3) is 0 Å². The fourth-order valence-corrected chi connectivity index (χ4v) is 4.13. The molecule has 1 atom stereocenters. The first kappa shape index (κ1) is 23.4. The summed E-state index contributed by atoms with van der Waals surface area (Å²) in [5.74, 6) is 0.957. The van der Waals surface area contributed by atoms with E-state index in [-0.39, 0.29) is 16.3 Å². The van der Waals surface area contributed by atoms with Crippen LogP contribution in [0.2, 0.25) is 0 Å². The number of aromatic nitrogens is 2. The average molecular weight is 456 g/mol. The number of anilines is 1. The highest BCUT2D eigenvalue weighted by Crippen LogP contribution is 2.28. The molecule has 0 aliphatic rings. The number of ether oxygens (including phenoxy) is 3. The molecule has 1 aromatic carbocycles. The van der Waals surface area contributed by atoms with Gasteiger partial charge >= 0.3 is 0 Å². The first-order chi connectivity index (χ1) is 15.6. The van der Waals surface area contributed by atoms with Crippen LogP contribution in [0.4, 0.5) is 5.69 Å². The van der Waals surface area contributed by atoms with E-state index in [1.54, 1.807) is 63.0 Å². The van der Waals surface area contributed by atoms with Crippen LogP contribution >= 0.6 is 0 Å². The van der Waals surface area contributed by atoms with Gasteiger partial charge in [-0.05, 0) is 30.3 Å². The zero-order chi connectivity index (χ0) is 22.8. The second-order valence-corrected chi connectivity index (χ2v) is 8.07. The van der Waals surface area contributed by atoms with Gasteiger partial charge in [0.15, 0.2) is 0 Å². The minimum atomic E-state index is -1.58. The number of pyridine rings is 2. The van der Waals surface area contributed by atoms with Gasteiger partial charge in [0, 0.05) is 56.0 Å². The highest BCUT2D eigenvalue weighted by molar-refractivity contribution is 7.84. The standard InChI is InChI=1S/C23H25N3O5S/c1-29-13-4-14-31-21-15-19(30-2)7-6-17(21)16-32(28)23-20(5-3-10-25-23)22(27)26-18-8-11-24-12-9-18/h3,5-12,15H,4,13-14,16H2,1-2H3,(H,24,26,27). The van der Waals surface area contributed by atoms with Gasteiger partial charge < -0.3 is 19.5 Å². The molecule has 1 amide bonds. The third-order valence-electron chi connectivity index (χ3n) is 4.48. The summed E-state index contributed by atoms with van der Waals surface area (Å²) in [4.78, 5) is 20.9. The molecule has 2 aromatic heterocycles. The van der Waals surface area contributed by atoms with Crippen LogP contribution in [0.1, 0.15) is 22.3 Å². The van der Waals surface area contributed by atoms with Crippen molar-refractivity contribution in [2.24, 2.45) is 0 Å². The Hall–Kier alpha value is -3.30. The number of benzene rings is 1. The quantitative estimate of drug-likeness (QED) is 0.442. The van der Waals surface area contributed by atoms with Gasteiger partial charge in [-0.2, -0.15) is 0 Å². The number of hydrogen-bond acceptors (Lipinski definition) is 7. The minimum absolute atomic E-state index is 0.135. The number of amides is 1. The van der Waals surface area contributed by atoms with E-state index < -0.39 is 16.7 Å². The lowest BCUT2D eigenvalue weighted by molar-refractivity contribution is 0.102. The Balaban J connectivity index is 1.79. The van der Waals surface area contributed by atoms with Crippen molar-refractivity contribution >= 4 is 22.4 Å². The fourth-order valence-electron chi connectivity index (χ4n) is 2.89. The number of methoxy groups -OCH3 is 2. The molecule has 0 saturated heterocycles. The van der Waals surface area contributed by atoms with Crippen LogP contribution in [0.3, 0.4) is 0 Å². The highest BCUT2D eigenvalue weighted by Gasteiger charge is 2.19. The van der Waals surface area contributed by atoms with Gasteiger partial charge in [-0.15, -0.1) is 0 Å². The van der Waals surface area contributed by atoms with Crippen molar-refractivity contribution in [1.29, 1.82) is 0 Å². The highest BCUT2D eigenvalue weighted by atomic mass is 32.2. The third kappa shape index (κ3) is 6.35. The summed E-state index contributed by atoms with van der Waals surface area (Å²) in [6.45, 7) is 1.03. The summed E-state index contributed by atoms with van der Waals surface area (Å²) < 4.78 is 29.4. The van der Waals surface area contributed by atoms with Crippen LogP contribution in [-0.4, -0.2) is 47.5 Å². The molecule has 32 heavy (non-hydrogen) atoms. The first-order valence-corrected chi connectivity index (χ1v) is 11.3. The van der Waals surface area contributed by atoms with Gasteiger partial charge in [0.05, 0.1) is 35.8 Å². The van der Waals surface area contributed by atoms with E-state index in [1.165, 1.54) is 6.20 Å². The molecule has 0 spiro atoms. The van der Waals surface area contributed by atoms with E-state index in [0.717, 1.165) is 12.0 Å². The summed E-state index contributed by atoms with van der Waals surface area (Å²) in [5, 5.41) is 2.99. The second-order valence-electron chi connectivity index (χ2n) is 6.70. The molecule has 3 rings (SSSR count). The maximum absolute atomic E-state index is 13.2. The number of carbonyl (C=O) groups is 1. The van der Waals surface area contributed by atoms with Crippen molar-refractivity contribution in [1.82, 2.24) is 9.97 Å². The molecule has 0 fully saturated rings. The van der Waals surface area contributed by atoms with E-state index in [0.29, 0.717) is 30.4 Å². The molecule has 1 N–H and O–H groups in total. The van der Waals surface area contributed by atoms with Crippen molar-refractivity contribution in [3.63, 3.8) is 0 Å². The number of hydrogen-bond donors (Lipinski definition) is 1. The summed E-state index contributed by atoms with van der Waals surface area (Å²) in [7, 11) is 1.63. The van der Waals surface area contributed by atoms with Crippen LogP contribution in [0.15, 0.2) is 66.1 Å². The number of nitrogens with one attached hydrogen (secondary N) is 1. The lowest BCUT2D eigenvalue weighted by Gasteiger charge is -2.14. The zero-order valence-electron chi connectivity index (χ0n) is 17.9. The van der Waals surface area contributed by atoms with Crippen LogP contribution in [0, 0.1) is 0 Å². The molecule has 1 unspecified atom stereocenters. The molecule has 9 heteroatoms. The van der Waals surface area contributed by atoms with E-state index in [1.807, 2.05) is 6.07 Å². The van der Waals surface area contributed by atoms with Gasteiger partial charge in [0.2, 0.25) is 0 Å². The molecule has 2 heterocycles. The van der Waals surface area contributed by atoms with E-state index in [9.17, 15) is 9.00 Å². The number of rotatable bonds is 11. The minimum Gasteiger partial charge on any atom is -0.497 e. The Kier molecular flexibility index (Phi) is 8.70. The first-order valence-electron chi connectivity index (χ1n) is 9.95. The normalized spacial score (nSPS) is 11.6. The lowest BCUT2D eigenvalue weighted by Crippen LogP contribution is -2.16. The maximum Gasteiger partial charge on any atom is 0.258 e. The van der Waals surface area contributed by atoms with Crippen LogP contribution in [-0.2, 0) is 21.3 Å². The van der Waals surface area contributed by atoms with Gasteiger partial charge in [-0.25, -0.2) is 4.98 Å². The summed E-state index contributed by atoms with van der Waals surface area (Å²) in [5.41, 5.74) is 1.57. The smallest absolute Gasteiger partial charge is 0.258 e. The van der Waals surface area contributed by atoms with E-state index >= 15 is 0 Å². The third-order valence-corrected chi connectivity index (χ3v) is 5.81. The Morgan fingerprint density at radius 3 is 2.62 bits per heavy atom. The van der Waals surface area contributed by atoms with Crippen molar-refractivity contribution in [2.45, 2.75) is 17.2 Å². The number of nitrogens with zero attached hydrogens (tertiary/aromatic N) is 2. The fraction of sp³-hybridized carbons (Fsp3) is 0.261. The molecule has 168 valence electrons. The molecular formula is C23H25N3O5S. The average Bonchev–Trinajstić information content (AvgIpc) is 2.83. The topological polar surface area (TPSA) is 99.6 Å². The second kappa shape index (κ2) is 11.9. The molecule has 0 radical (unpaired) electrons.